The lowest BCUT2D eigenvalue weighted by atomic mass is 9.99. The molecule has 0 N–H and O–H groups in total. The van der Waals surface area contributed by atoms with Gasteiger partial charge in [0.1, 0.15) is 24.4 Å². The van der Waals surface area contributed by atoms with Crippen molar-refractivity contribution in [2.75, 3.05) is 7.11 Å². The number of rotatable bonds is 5. The number of benzene rings is 1. The van der Waals surface area contributed by atoms with E-state index < -0.39 is 36.5 Å². The van der Waals surface area contributed by atoms with Gasteiger partial charge in [0, 0.05) is 11.6 Å². The van der Waals surface area contributed by atoms with Crippen LogP contribution >= 0.6 is 15.9 Å². The van der Waals surface area contributed by atoms with Gasteiger partial charge in [-0.1, -0.05) is 34.1 Å². The fourth-order valence-electron chi connectivity index (χ4n) is 3.07. The maximum Gasteiger partial charge on any atom is 0.187 e. The Morgan fingerprint density at radius 3 is 2.62 bits per heavy atom. The molecular weight excluding hydrogens is 380 g/mol. The van der Waals surface area contributed by atoms with E-state index in [0.29, 0.717) is 6.61 Å². The minimum atomic E-state index is -0.789. The summed E-state index contributed by atoms with van der Waals surface area (Å²) < 4.78 is 29.8. The number of methoxy groups -OCH3 is 1. The van der Waals surface area contributed by atoms with Gasteiger partial charge in [-0.15, -0.1) is 0 Å². The van der Waals surface area contributed by atoms with Crippen molar-refractivity contribution in [3.8, 4) is 0 Å². The molecule has 2 aliphatic rings. The third kappa shape index (κ3) is 3.56. The zero-order chi connectivity index (χ0) is 17.3. The first-order chi connectivity index (χ1) is 11.4. The molecule has 2 heterocycles. The molecule has 0 amide bonds. The molecule has 5 atom stereocenters. The summed E-state index contributed by atoms with van der Waals surface area (Å²) in [7, 11) is 1.51. The van der Waals surface area contributed by atoms with E-state index in [4.69, 9.17) is 23.7 Å². The predicted molar refractivity (Wildman–Crippen MR) is 88.3 cm³/mol. The molecule has 2 saturated heterocycles. The quantitative estimate of drug-likeness (QED) is 0.707. The smallest absolute Gasteiger partial charge is 0.187 e. The Morgan fingerprint density at radius 2 is 1.96 bits per heavy atom. The number of carbonyl (C=O) groups excluding carboxylic acids is 1. The molecule has 6 nitrogen and oxygen atoms in total. The van der Waals surface area contributed by atoms with E-state index in [1.165, 1.54) is 7.11 Å². The molecule has 2 fully saturated rings. The van der Waals surface area contributed by atoms with Gasteiger partial charge in [0.05, 0.1) is 6.61 Å². The van der Waals surface area contributed by atoms with Crippen LogP contribution in [0, 0.1) is 0 Å². The van der Waals surface area contributed by atoms with E-state index in [1.54, 1.807) is 0 Å². The third-order valence-electron chi connectivity index (χ3n) is 4.13. The van der Waals surface area contributed by atoms with Crippen LogP contribution in [0.1, 0.15) is 19.4 Å². The normalized spacial score (nSPS) is 34.8. The molecule has 0 saturated carbocycles. The molecule has 2 aliphatic heterocycles. The highest BCUT2D eigenvalue weighted by Gasteiger charge is 2.56. The Hall–Kier alpha value is -0.830. The van der Waals surface area contributed by atoms with Gasteiger partial charge < -0.3 is 28.5 Å². The Labute approximate surface area is 149 Å². The molecule has 3 rings (SSSR count). The van der Waals surface area contributed by atoms with E-state index >= 15 is 0 Å². The number of carbonyl (C=O) groups is 1. The highest BCUT2D eigenvalue weighted by molar-refractivity contribution is 9.10. The van der Waals surface area contributed by atoms with Crippen LogP contribution in [0.3, 0.4) is 0 Å². The van der Waals surface area contributed by atoms with Crippen molar-refractivity contribution in [2.24, 2.45) is 0 Å². The van der Waals surface area contributed by atoms with Crippen LogP contribution < -0.4 is 0 Å². The van der Waals surface area contributed by atoms with Crippen molar-refractivity contribution in [2.45, 2.75) is 56.9 Å². The van der Waals surface area contributed by atoms with Gasteiger partial charge >= 0.3 is 0 Å². The monoisotopic (exact) mass is 400 g/mol. The lowest BCUT2D eigenvalue weighted by Crippen LogP contribution is -2.58. The standard InChI is InChI=1S/C17H21BrO6/c1-17(2)23-14-13(21-9-10-6-4-5-7-11(10)18)12(8-19)22-16(20-3)15(14)24-17/h4-8,12-16H,9H2,1-3H3/t12-,13-,14+,15+,16+/m1/s1. The van der Waals surface area contributed by atoms with Crippen molar-refractivity contribution in [1.82, 2.24) is 0 Å². The molecule has 0 radical (unpaired) electrons. The Kier molecular flexibility index (Phi) is 5.39. The Morgan fingerprint density at radius 1 is 1.25 bits per heavy atom. The van der Waals surface area contributed by atoms with E-state index in [9.17, 15) is 4.79 Å². The summed E-state index contributed by atoms with van der Waals surface area (Å²) in [5.74, 6) is -0.789. The second-order valence-corrected chi connectivity index (χ2v) is 7.13. The SMILES string of the molecule is CO[C@H]1O[C@H](C=O)[C@@H](OCc2ccccc2Br)[C@@H]2OC(C)(C)O[C@H]12. The number of fused-ring (bicyclic) bond motifs is 1. The number of ether oxygens (including phenoxy) is 5. The number of hydrogen-bond acceptors (Lipinski definition) is 6. The minimum absolute atomic E-state index is 0.324. The predicted octanol–water partition coefficient (Wildman–Crippen LogP) is 2.42. The molecule has 132 valence electrons. The molecule has 1 aromatic rings. The summed E-state index contributed by atoms with van der Waals surface area (Å²) in [6.07, 6.45) is -2.21. The van der Waals surface area contributed by atoms with Gasteiger partial charge in [-0.3, -0.25) is 0 Å². The average molecular weight is 401 g/mol. The Bertz CT molecular complexity index is 592. The fraction of sp³-hybridized carbons (Fsp3) is 0.588. The van der Waals surface area contributed by atoms with Crippen LogP contribution in [-0.4, -0.2) is 49.9 Å². The summed E-state index contributed by atoms with van der Waals surface area (Å²) in [5, 5.41) is 0. The van der Waals surface area contributed by atoms with Gasteiger partial charge in [-0.25, -0.2) is 0 Å². The van der Waals surface area contributed by atoms with Gasteiger partial charge in [0.25, 0.3) is 0 Å². The van der Waals surface area contributed by atoms with Crippen molar-refractivity contribution in [1.29, 1.82) is 0 Å². The molecule has 24 heavy (non-hydrogen) atoms. The summed E-state index contributed by atoms with van der Waals surface area (Å²) >= 11 is 3.49. The van der Waals surface area contributed by atoms with Gasteiger partial charge in [0.2, 0.25) is 0 Å². The highest BCUT2D eigenvalue weighted by atomic mass is 79.9. The molecule has 7 heteroatoms. The fourth-order valence-corrected chi connectivity index (χ4v) is 3.47. The van der Waals surface area contributed by atoms with E-state index in [-0.39, 0.29) is 0 Å². The lowest BCUT2D eigenvalue weighted by Gasteiger charge is -2.39. The zero-order valence-electron chi connectivity index (χ0n) is 13.8. The summed E-state index contributed by atoms with van der Waals surface area (Å²) in [6.45, 7) is 3.96. The van der Waals surface area contributed by atoms with Crippen LogP contribution in [0.15, 0.2) is 28.7 Å². The maximum absolute atomic E-state index is 11.5. The summed E-state index contributed by atoms with van der Waals surface area (Å²) in [6, 6.07) is 7.76. The van der Waals surface area contributed by atoms with Crippen molar-refractivity contribution >= 4 is 22.2 Å². The van der Waals surface area contributed by atoms with Gasteiger partial charge in [-0.05, 0) is 25.5 Å². The molecular formula is C17H21BrO6. The third-order valence-corrected chi connectivity index (χ3v) is 4.90. The summed E-state index contributed by atoms with van der Waals surface area (Å²) in [4.78, 5) is 11.5. The molecule has 0 aliphatic carbocycles. The lowest BCUT2D eigenvalue weighted by molar-refractivity contribution is -0.266. The van der Waals surface area contributed by atoms with E-state index in [1.807, 2.05) is 38.1 Å². The first-order valence-electron chi connectivity index (χ1n) is 7.79. The molecule has 0 spiro atoms. The second kappa shape index (κ2) is 7.19. The Balaban J connectivity index is 1.79. The summed E-state index contributed by atoms with van der Waals surface area (Å²) in [5.41, 5.74) is 0.978. The average Bonchev–Trinajstić information content (AvgIpc) is 2.88. The zero-order valence-corrected chi connectivity index (χ0v) is 15.4. The molecule has 0 unspecified atom stereocenters. The first kappa shape index (κ1) is 18.0. The number of halogens is 1. The molecule has 0 bridgehead atoms. The number of aldehydes is 1. The first-order valence-corrected chi connectivity index (χ1v) is 8.58. The van der Waals surface area contributed by atoms with Crippen molar-refractivity contribution in [3.05, 3.63) is 34.3 Å². The van der Waals surface area contributed by atoms with Crippen LogP contribution in [0.5, 0.6) is 0 Å². The highest BCUT2D eigenvalue weighted by Crippen LogP contribution is 2.38. The molecule has 0 aromatic heterocycles. The second-order valence-electron chi connectivity index (χ2n) is 6.27. The molecule has 1 aromatic carbocycles. The minimum Gasteiger partial charge on any atom is -0.367 e. The number of hydrogen-bond donors (Lipinski definition) is 0. The topological polar surface area (TPSA) is 63.2 Å². The van der Waals surface area contributed by atoms with E-state index in [2.05, 4.69) is 15.9 Å². The van der Waals surface area contributed by atoms with Crippen molar-refractivity contribution in [3.63, 3.8) is 0 Å². The van der Waals surface area contributed by atoms with Crippen LogP contribution in [-0.2, 0) is 35.1 Å². The van der Waals surface area contributed by atoms with Crippen LogP contribution in [0.2, 0.25) is 0 Å². The van der Waals surface area contributed by atoms with Crippen LogP contribution in [0.4, 0.5) is 0 Å². The van der Waals surface area contributed by atoms with Crippen LogP contribution in [0.25, 0.3) is 0 Å². The van der Waals surface area contributed by atoms with Crippen molar-refractivity contribution < 1.29 is 28.5 Å². The maximum atomic E-state index is 11.5. The largest absolute Gasteiger partial charge is 0.367 e. The van der Waals surface area contributed by atoms with Gasteiger partial charge in [0.15, 0.2) is 18.4 Å². The van der Waals surface area contributed by atoms with Gasteiger partial charge in [-0.2, -0.15) is 0 Å². The van der Waals surface area contributed by atoms with E-state index in [0.717, 1.165) is 16.3 Å².